The predicted molar refractivity (Wildman–Crippen MR) is 97.1 cm³/mol. The molecule has 0 unspecified atom stereocenters. The van der Waals surface area contributed by atoms with Crippen LogP contribution in [0.25, 0.3) is 0 Å². The normalized spacial score (nSPS) is 24.0. The van der Waals surface area contributed by atoms with E-state index in [0.717, 1.165) is 0 Å². The van der Waals surface area contributed by atoms with Gasteiger partial charge in [0.15, 0.2) is 5.13 Å². The van der Waals surface area contributed by atoms with E-state index in [0.29, 0.717) is 23.0 Å². The fourth-order valence-electron chi connectivity index (χ4n) is 3.28. The molecule has 0 saturated carbocycles. The van der Waals surface area contributed by atoms with Crippen LogP contribution in [0, 0.1) is 0 Å². The van der Waals surface area contributed by atoms with Crippen LogP contribution in [0.3, 0.4) is 0 Å². The van der Waals surface area contributed by atoms with Crippen molar-refractivity contribution >= 4 is 32.4 Å². The first-order valence-corrected chi connectivity index (χ1v) is 10.5. The molecule has 1 saturated heterocycles. The maximum Gasteiger partial charge on any atom is 0.271 e. The lowest BCUT2D eigenvalue weighted by atomic mass is 10.2. The van der Waals surface area contributed by atoms with Gasteiger partial charge in [0.25, 0.3) is 5.91 Å². The monoisotopic (exact) mass is 394 g/mol. The highest BCUT2D eigenvalue weighted by Gasteiger charge is 2.44. The zero-order valence-corrected chi connectivity index (χ0v) is 15.6. The summed E-state index contributed by atoms with van der Waals surface area (Å²) in [5, 5.41) is 8.10. The summed E-state index contributed by atoms with van der Waals surface area (Å²) in [6, 6.07) is 6.05. The highest BCUT2D eigenvalue weighted by molar-refractivity contribution is 7.89. The van der Waals surface area contributed by atoms with Crippen LogP contribution >= 0.6 is 11.3 Å². The second kappa shape index (κ2) is 6.53. The highest BCUT2D eigenvalue weighted by Crippen LogP contribution is 2.35. The SMILES string of the molecule is CNc1nc(C(=O)N[C@H]2C[C@H]3COc4ccccc4S(=O)(=O)N3C2)cs1. The van der Waals surface area contributed by atoms with Gasteiger partial charge < -0.3 is 15.4 Å². The van der Waals surface area contributed by atoms with E-state index in [1.165, 1.54) is 15.6 Å². The fraction of sp³-hybridized carbons (Fsp3) is 0.375. The number of nitrogens with zero attached hydrogens (tertiary/aromatic N) is 2. The van der Waals surface area contributed by atoms with Gasteiger partial charge in [0, 0.05) is 25.0 Å². The second-order valence-corrected chi connectivity index (χ2v) is 8.90. The van der Waals surface area contributed by atoms with Gasteiger partial charge in [-0.2, -0.15) is 4.31 Å². The minimum Gasteiger partial charge on any atom is -0.490 e. The van der Waals surface area contributed by atoms with Gasteiger partial charge >= 0.3 is 0 Å². The third kappa shape index (κ3) is 2.93. The van der Waals surface area contributed by atoms with Crippen LogP contribution in [0.15, 0.2) is 34.5 Å². The molecule has 0 aliphatic carbocycles. The van der Waals surface area contributed by atoms with Crippen molar-refractivity contribution in [2.45, 2.75) is 23.4 Å². The van der Waals surface area contributed by atoms with Crippen molar-refractivity contribution in [2.75, 3.05) is 25.5 Å². The zero-order valence-electron chi connectivity index (χ0n) is 14.0. The zero-order chi connectivity index (χ0) is 18.3. The predicted octanol–water partition coefficient (Wildman–Crippen LogP) is 1.14. The van der Waals surface area contributed by atoms with Crippen molar-refractivity contribution in [1.29, 1.82) is 0 Å². The molecule has 1 aromatic heterocycles. The van der Waals surface area contributed by atoms with Crippen LogP contribution in [0.2, 0.25) is 0 Å². The Bertz CT molecular complexity index is 943. The molecule has 8 nitrogen and oxygen atoms in total. The average Bonchev–Trinajstić information content (AvgIpc) is 3.25. The van der Waals surface area contributed by atoms with Crippen LogP contribution in [0.1, 0.15) is 16.9 Å². The largest absolute Gasteiger partial charge is 0.490 e. The first-order chi connectivity index (χ1) is 12.5. The van der Waals surface area contributed by atoms with E-state index in [1.807, 2.05) is 0 Å². The van der Waals surface area contributed by atoms with Crippen molar-refractivity contribution in [1.82, 2.24) is 14.6 Å². The standard InChI is InChI=1S/C16H18N4O4S2/c1-17-16-19-12(9-25-16)15(21)18-10-6-11-8-24-13-4-2-3-5-14(13)26(22,23)20(11)7-10/h2-5,9-11H,6-8H2,1H3,(H,17,19)(H,18,21)/t10-,11-/m0/s1. The van der Waals surface area contributed by atoms with E-state index in [4.69, 9.17) is 4.74 Å². The Balaban J connectivity index is 1.52. The molecule has 0 radical (unpaired) electrons. The molecular weight excluding hydrogens is 376 g/mol. The summed E-state index contributed by atoms with van der Waals surface area (Å²) in [5.74, 6) is 0.0775. The van der Waals surface area contributed by atoms with Crippen molar-refractivity contribution in [3.8, 4) is 5.75 Å². The molecule has 2 atom stereocenters. The van der Waals surface area contributed by atoms with Crippen LogP contribution in [0.5, 0.6) is 5.75 Å². The van der Waals surface area contributed by atoms with Crippen molar-refractivity contribution in [3.63, 3.8) is 0 Å². The molecular formula is C16H18N4O4S2. The lowest BCUT2D eigenvalue weighted by Gasteiger charge is -2.19. The van der Waals surface area contributed by atoms with Gasteiger partial charge in [0.1, 0.15) is 22.9 Å². The molecule has 10 heteroatoms. The summed E-state index contributed by atoms with van der Waals surface area (Å²) in [6.45, 7) is 0.489. The number of sulfonamides is 1. The lowest BCUT2D eigenvalue weighted by molar-refractivity contribution is 0.0934. The summed E-state index contributed by atoms with van der Waals surface area (Å²) in [5.41, 5.74) is 0.325. The number of fused-ring (bicyclic) bond motifs is 2. The van der Waals surface area contributed by atoms with Gasteiger partial charge in [-0.05, 0) is 18.6 Å². The minimum atomic E-state index is -3.66. The Kier molecular flexibility index (Phi) is 4.33. The van der Waals surface area contributed by atoms with Crippen LogP contribution in [0.4, 0.5) is 5.13 Å². The summed E-state index contributed by atoms with van der Waals surface area (Å²) in [4.78, 5) is 16.7. The number of amides is 1. The number of carbonyl (C=O) groups is 1. The van der Waals surface area contributed by atoms with Gasteiger partial charge in [-0.15, -0.1) is 11.3 Å². The number of carbonyl (C=O) groups excluding carboxylic acids is 1. The second-order valence-electron chi connectivity index (χ2n) is 6.18. The summed E-state index contributed by atoms with van der Waals surface area (Å²) in [6.07, 6.45) is 0.502. The number of anilines is 1. The summed E-state index contributed by atoms with van der Waals surface area (Å²) in [7, 11) is -1.92. The minimum absolute atomic E-state index is 0.174. The van der Waals surface area contributed by atoms with Crippen molar-refractivity contribution in [3.05, 3.63) is 35.3 Å². The molecule has 3 heterocycles. The first kappa shape index (κ1) is 17.3. The Morgan fingerprint density at radius 3 is 2.96 bits per heavy atom. The Morgan fingerprint density at radius 1 is 1.38 bits per heavy atom. The maximum absolute atomic E-state index is 13.0. The molecule has 138 valence electrons. The van der Waals surface area contributed by atoms with Crippen LogP contribution < -0.4 is 15.4 Å². The van der Waals surface area contributed by atoms with E-state index in [1.54, 1.807) is 36.7 Å². The number of benzene rings is 1. The molecule has 0 bridgehead atoms. The molecule has 1 aromatic carbocycles. The van der Waals surface area contributed by atoms with E-state index >= 15 is 0 Å². The van der Waals surface area contributed by atoms with E-state index in [-0.39, 0.29) is 36.0 Å². The maximum atomic E-state index is 13.0. The third-order valence-electron chi connectivity index (χ3n) is 4.52. The van der Waals surface area contributed by atoms with Gasteiger partial charge in [0.2, 0.25) is 10.0 Å². The topological polar surface area (TPSA) is 101 Å². The highest BCUT2D eigenvalue weighted by atomic mass is 32.2. The van der Waals surface area contributed by atoms with Crippen LogP contribution in [-0.4, -0.2) is 55.9 Å². The number of rotatable bonds is 3. The Hall–Kier alpha value is -2.17. The Morgan fingerprint density at radius 2 is 2.19 bits per heavy atom. The van der Waals surface area contributed by atoms with Crippen molar-refractivity contribution in [2.24, 2.45) is 0 Å². The number of aromatic nitrogens is 1. The fourth-order valence-corrected chi connectivity index (χ4v) is 5.74. The molecule has 2 N–H and O–H groups in total. The van der Waals surface area contributed by atoms with Crippen LogP contribution in [-0.2, 0) is 10.0 Å². The molecule has 1 fully saturated rings. The van der Waals surface area contributed by atoms with Crippen molar-refractivity contribution < 1.29 is 17.9 Å². The lowest BCUT2D eigenvalue weighted by Crippen LogP contribution is -2.39. The Labute approximate surface area is 155 Å². The molecule has 4 rings (SSSR count). The molecule has 1 amide bonds. The number of nitrogens with one attached hydrogen (secondary N) is 2. The van der Waals surface area contributed by atoms with Gasteiger partial charge in [0.05, 0.1) is 6.04 Å². The molecule has 2 aliphatic rings. The summed E-state index contributed by atoms with van der Waals surface area (Å²) >= 11 is 1.34. The molecule has 2 aromatic rings. The average molecular weight is 394 g/mol. The number of hydrogen-bond donors (Lipinski definition) is 2. The van der Waals surface area contributed by atoms with E-state index < -0.39 is 10.0 Å². The van der Waals surface area contributed by atoms with Gasteiger partial charge in [-0.1, -0.05) is 12.1 Å². The first-order valence-electron chi connectivity index (χ1n) is 8.17. The smallest absolute Gasteiger partial charge is 0.271 e. The third-order valence-corrected chi connectivity index (χ3v) is 7.33. The van der Waals surface area contributed by atoms with E-state index in [2.05, 4.69) is 15.6 Å². The van der Waals surface area contributed by atoms with Gasteiger partial charge in [-0.3, -0.25) is 4.79 Å². The molecule has 2 aliphatic heterocycles. The number of hydrogen-bond acceptors (Lipinski definition) is 7. The quantitative estimate of drug-likeness (QED) is 0.810. The number of para-hydroxylation sites is 1. The molecule has 0 spiro atoms. The summed E-state index contributed by atoms with van der Waals surface area (Å²) < 4.78 is 33.1. The molecule has 26 heavy (non-hydrogen) atoms. The number of ether oxygens (including phenoxy) is 1. The number of thiazole rings is 1. The van der Waals surface area contributed by atoms with Gasteiger partial charge in [-0.25, -0.2) is 13.4 Å². The van der Waals surface area contributed by atoms with E-state index in [9.17, 15) is 13.2 Å².